The molecule has 0 saturated heterocycles. The molecule has 1 atom stereocenters. The van der Waals surface area contributed by atoms with Gasteiger partial charge >= 0.3 is 5.97 Å². The van der Waals surface area contributed by atoms with Crippen LogP contribution in [0.4, 0.5) is 5.69 Å². The fourth-order valence-electron chi connectivity index (χ4n) is 2.03. The quantitative estimate of drug-likeness (QED) is 0.791. The first-order valence-electron chi connectivity index (χ1n) is 6.64. The number of likely N-dealkylation sites (N-methyl/N-ethyl adjacent to an activating group) is 2. The van der Waals surface area contributed by atoms with E-state index < -0.39 is 12.0 Å². The number of benzene rings is 1. The highest BCUT2D eigenvalue weighted by molar-refractivity contribution is 5.74. The van der Waals surface area contributed by atoms with Crippen molar-refractivity contribution in [3.8, 4) is 0 Å². The minimum Gasteiger partial charge on any atom is -0.480 e. The van der Waals surface area contributed by atoms with Crippen LogP contribution in [0.1, 0.15) is 19.4 Å². The molecule has 1 aromatic rings. The Bertz CT molecular complexity index is 401. The summed E-state index contributed by atoms with van der Waals surface area (Å²) in [4.78, 5) is 12.9. The lowest BCUT2D eigenvalue weighted by atomic mass is 10.0. The smallest absolute Gasteiger partial charge is 0.322 e. The fraction of sp³-hybridized carbons (Fsp3) is 0.533. The fourth-order valence-corrected chi connectivity index (χ4v) is 2.03. The Morgan fingerprint density at radius 1 is 1.32 bits per heavy atom. The van der Waals surface area contributed by atoms with E-state index in [9.17, 15) is 4.79 Å². The molecule has 1 unspecified atom stereocenters. The molecule has 0 aliphatic heterocycles. The van der Waals surface area contributed by atoms with Crippen LogP contribution in [0.15, 0.2) is 24.3 Å². The summed E-state index contributed by atoms with van der Waals surface area (Å²) in [5, 5.41) is 11.8. The number of carbonyl (C=O) groups is 1. The van der Waals surface area contributed by atoms with Crippen molar-refractivity contribution < 1.29 is 9.90 Å². The molecular formula is C15H24N2O2. The topological polar surface area (TPSA) is 52.6 Å². The molecule has 0 heterocycles. The molecule has 106 valence electrons. The van der Waals surface area contributed by atoms with E-state index >= 15 is 0 Å². The number of nitrogens with zero attached hydrogens (tertiary/aromatic N) is 1. The van der Waals surface area contributed by atoms with E-state index in [1.54, 1.807) is 7.05 Å². The van der Waals surface area contributed by atoms with E-state index in [4.69, 9.17) is 5.11 Å². The van der Waals surface area contributed by atoms with E-state index in [0.717, 1.165) is 12.1 Å². The monoisotopic (exact) mass is 264 g/mol. The average Bonchev–Trinajstić information content (AvgIpc) is 2.35. The van der Waals surface area contributed by atoms with E-state index in [-0.39, 0.29) is 0 Å². The van der Waals surface area contributed by atoms with Crippen molar-refractivity contribution in [2.45, 2.75) is 26.3 Å². The molecule has 0 bridgehead atoms. The molecular weight excluding hydrogens is 240 g/mol. The van der Waals surface area contributed by atoms with Crippen LogP contribution in [0.5, 0.6) is 0 Å². The maximum Gasteiger partial charge on any atom is 0.322 e. The average molecular weight is 264 g/mol. The van der Waals surface area contributed by atoms with Crippen molar-refractivity contribution in [2.75, 3.05) is 25.5 Å². The highest BCUT2D eigenvalue weighted by atomic mass is 16.4. The van der Waals surface area contributed by atoms with Gasteiger partial charge in [-0.05, 0) is 37.1 Å². The summed E-state index contributed by atoms with van der Waals surface area (Å²) in [6.07, 6.45) is 1.07. The van der Waals surface area contributed by atoms with Gasteiger partial charge in [-0.15, -0.1) is 0 Å². The van der Waals surface area contributed by atoms with E-state index in [0.29, 0.717) is 12.5 Å². The highest BCUT2D eigenvalue weighted by Crippen LogP contribution is 2.16. The zero-order chi connectivity index (χ0) is 14.4. The van der Waals surface area contributed by atoms with E-state index in [1.165, 1.54) is 5.56 Å². The molecule has 0 spiro atoms. The molecule has 4 nitrogen and oxygen atoms in total. The van der Waals surface area contributed by atoms with Crippen molar-refractivity contribution in [3.05, 3.63) is 29.8 Å². The molecule has 19 heavy (non-hydrogen) atoms. The van der Waals surface area contributed by atoms with Crippen LogP contribution in [0.3, 0.4) is 0 Å². The van der Waals surface area contributed by atoms with Crippen molar-refractivity contribution in [1.29, 1.82) is 0 Å². The van der Waals surface area contributed by atoms with Gasteiger partial charge in [0.15, 0.2) is 0 Å². The summed E-state index contributed by atoms with van der Waals surface area (Å²) in [5.74, 6) is -0.185. The molecule has 1 aromatic carbocycles. The second-order valence-electron chi connectivity index (χ2n) is 5.32. The van der Waals surface area contributed by atoms with Gasteiger partial charge < -0.3 is 15.3 Å². The second kappa shape index (κ2) is 7.14. The zero-order valence-corrected chi connectivity index (χ0v) is 12.2. The molecule has 0 fully saturated rings. The van der Waals surface area contributed by atoms with Crippen molar-refractivity contribution in [1.82, 2.24) is 5.32 Å². The Kier molecular flexibility index (Phi) is 5.83. The van der Waals surface area contributed by atoms with Crippen LogP contribution in [-0.4, -0.2) is 37.8 Å². The van der Waals surface area contributed by atoms with Crippen LogP contribution in [0.2, 0.25) is 0 Å². The SMILES string of the molecule is CNC(CN(C)c1ccc(CC(C)C)cc1)C(=O)O. The molecule has 4 heteroatoms. The van der Waals surface area contributed by atoms with Crippen LogP contribution >= 0.6 is 0 Å². The molecule has 1 rings (SSSR count). The minimum atomic E-state index is -0.828. The summed E-state index contributed by atoms with van der Waals surface area (Å²) in [6.45, 7) is 4.84. The molecule has 0 amide bonds. The third kappa shape index (κ3) is 4.91. The lowest BCUT2D eigenvalue weighted by molar-refractivity contribution is -0.139. The molecule has 0 saturated carbocycles. The number of hydrogen-bond acceptors (Lipinski definition) is 3. The Morgan fingerprint density at radius 2 is 1.89 bits per heavy atom. The maximum absolute atomic E-state index is 11.0. The molecule has 0 aliphatic rings. The lowest BCUT2D eigenvalue weighted by Gasteiger charge is -2.23. The van der Waals surface area contributed by atoms with Crippen molar-refractivity contribution in [3.63, 3.8) is 0 Å². The molecule has 2 N–H and O–H groups in total. The third-order valence-corrected chi connectivity index (χ3v) is 3.12. The van der Waals surface area contributed by atoms with Gasteiger partial charge in [0, 0.05) is 19.3 Å². The number of carboxylic acid groups (broad SMARTS) is 1. The number of rotatable bonds is 7. The van der Waals surface area contributed by atoms with E-state index in [1.807, 2.05) is 24.1 Å². The van der Waals surface area contributed by atoms with Gasteiger partial charge in [0.2, 0.25) is 0 Å². The number of aliphatic carboxylic acids is 1. The standard InChI is InChI=1S/C15H24N2O2/c1-11(2)9-12-5-7-13(8-6-12)17(4)10-14(16-3)15(18)19/h5-8,11,14,16H,9-10H2,1-4H3,(H,18,19). The summed E-state index contributed by atoms with van der Waals surface area (Å²) >= 11 is 0. The summed E-state index contributed by atoms with van der Waals surface area (Å²) in [7, 11) is 3.57. The van der Waals surface area contributed by atoms with Crippen molar-refractivity contribution in [2.24, 2.45) is 5.92 Å². The van der Waals surface area contributed by atoms with Crippen LogP contribution in [0.25, 0.3) is 0 Å². The number of nitrogens with one attached hydrogen (secondary N) is 1. The third-order valence-electron chi connectivity index (χ3n) is 3.12. The molecule has 0 aliphatic carbocycles. The van der Waals surface area contributed by atoms with Crippen LogP contribution in [0, 0.1) is 5.92 Å². The predicted molar refractivity (Wildman–Crippen MR) is 78.7 cm³/mol. The van der Waals surface area contributed by atoms with Gasteiger partial charge in [0.1, 0.15) is 6.04 Å². The summed E-state index contributed by atoms with van der Waals surface area (Å²) in [6, 6.07) is 7.76. The van der Waals surface area contributed by atoms with Gasteiger partial charge in [-0.3, -0.25) is 4.79 Å². The lowest BCUT2D eigenvalue weighted by Crippen LogP contribution is -2.43. The first-order valence-corrected chi connectivity index (χ1v) is 6.64. The van der Waals surface area contributed by atoms with E-state index in [2.05, 4.69) is 31.3 Å². The zero-order valence-electron chi connectivity index (χ0n) is 12.2. The number of anilines is 1. The second-order valence-corrected chi connectivity index (χ2v) is 5.32. The minimum absolute atomic E-state index is 0.440. The maximum atomic E-state index is 11.0. The molecule has 0 radical (unpaired) electrons. The van der Waals surface area contributed by atoms with Gasteiger partial charge in [-0.25, -0.2) is 0 Å². The normalized spacial score (nSPS) is 12.5. The Hall–Kier alpha value is -1.55. The summed E-state index contributed by atoms with van der Waals surface area (Å²) in [5.41, 5.74) is 2.35. The summed E-state index contributed by atoms with van der Waals surface area (Å²) < 4.78 is 0. The van der Waals surface area contributed by atoms with Crippen LogP contribution < -0.4 is 10.2 Å². The number of hydrogen-bond donors (Lipinski definition) is 2. The molecule has 0 aromatic heterocycles. The Morgan fingerprint density at radius 3 is 2.32 bits per heavy atom. The van der Waals surface area contributed by atoms with Crippen molar-refractivity contribution >= 4 is 11.7 Å². The van der Waals surface area contributed by atoms with Gasteiger partial charge in [-0.1, -0.05) is 26.0 Å². The predicted octanol–water partition coefficient (Wildman–Crippen LogP) is 1.99. The van der Waals surface area contributed by atoms with Gasteiger partial charge in [0.05, 0.1) is 0 Å². The van der Waals surface area contributed by atoms with Crippen LogP contribution in [-0.2, 0) is 11.2 Å². The first-order chi connectivity index (χ1) is 8.93. The highest BCUT2D eigenvalue weighted by Gasteiger charge is 2.17. The first kappa shape index (κ1) is 15.5. The largest absolute Gasteiger partial charge is 0.480 e. The Labute approximate surface area is 115 Å². The van der Waals surface area contributed by atoms with Gasteiger partial charge in [-0.2, -0.15) is 0 Å². The number of carboxylic acids is 1. The van der Waals surface area contributed by atoms with Gasteiger partial charge in [0.25, 0.3) is 0 Å². The Balaban J connectivity index is 2.67.